The molecule has 0 aromatic heterocycles. The predicted octanol–water partition coefficient (Wildman–Crippen LogP) is 7.79. The fourth-order valence-electron chi connectivity index (χ4n) is 10.5. The number of hydrogen-bond acceptors (Lipinski definition) is 12. The molecule has 0 spiro atoms. The van der Waals surface area contributed by atoms with Crippen LogP contribution in [0.1, 0.15) is 145 Å². The van der Waals surface area contributed by atoms with Gasteiger partial charge in [-0.3, -0.25) is 14.4 Å². The lowest BCUT2D eigenvalue weighted by molar-refractivity contribution is -0.265. The molecular formula is C55H85NO12. The molecule has 0 aromatic carbocycles. The lowest BCUT2D eigenvalue weighted by Gasteiger charge is -2.43. The molecule has 1 amide bonds. The van der Waals surface area contributed by atoms with Crippen LogP contribution in [-0.4, -0.2) is 126 Å². The van der Waals surface area contributed by atoms with Crippen LogP contribution in [0.2, 0.25) is 0 Å². The number of hydrogen-bond donors (Lipinski definition) is 3. The number of carbonyl (C=O) groups is 4. The number of carbonyl (C=O) groups excluding carboxylic acids is 4. The first-order valence-corrected chi connectivity index (χ1v) is 25.5. The van der Waals surface area contributed by atoms with Gasteiger partial charge in [-0.2, -0.15) is 0 Å². The summed E-state index contributed by atoms with van der Waals surface area (Å²) in [7, 11) is 3.14. The van der Waals surface area contributed by atoms with Gasteiger partial charge in [0.15, 0.2) is 5.78 Å². The normalized spacial score (nSPS) is 38.9. The predicted molar refractivity (Wildman–Crippen MR) is 262 cm³/mol. The summed E-state index contributed by atoms with van der Waals surface area (Å²) in [6.07, 6.45) is 14.8. The lowest BCUT2D eigenvalue weighted by Crippen LogP contribution is -2.61. The molecule has 1 saturated carbocycles. The number of rotatable bonds is 7. The highest BCUT2D eigenvalue weighted by atomic mass is 16.6. The van der Waals surface area contributed by atoms with Crippen molar-refractivity contribution in [2.45, 2.75) is 200 Å². The number of ether oxygens (including phenoxy) is 5. The summed E-state index contributed by atoms with van der Waals surface area (Å²) in [5.74, 6) is -0.879. The molecule has 382 valence electrons. The number of cyclic esters (lactones) is 1. The zero-order valence-corrected chi connectivity index (χ0v) is 42.8. The van der Waals surface area contributed by atoms with Gasteiger partial charge in [0, 0.05) is 57.8 Å². The number of amides is 1. The van der Waals surface area contributed by atoms with Crippen LogP contribution in [0.3, 0.4) is 0 Å². The summed E-state index contributed by atoms with van der Waals surface area (Å²) in [5.41, 5.74) is 1.34. The molecule has 1 aliphatic carbocycles. The van der Waals surface area contributed by atoms with Gasteiger partial charge in [-0.15, -0.1) is 5.92 Å². The van der Waals surface area contributed by atoms with Crippen molar-refractivity contribution in [2.24, 2.45) is 35.5 Å². The van der Waals surface area contributed by atoms with Crippen LogP contribution in [0.15, 0.2) is 47.6 Å². The first-order chi connectivity index (χ1) is 32.3. The molecule has 3 aliphatic heterocycles. The van der Waals surface area contributed by atoms with Gasteiger partial charge in [-0.25, -0.2) is 4.79 Å². The standard InChI is InChI=1S/C55H85NO12/c1-11-12-18-28-66-47-33-44-26-25-41(8)55(63,68-44)52(60)53(61)56-27-17-16-24-45(56)54(62)67-48(38(5)31-42-22-19-23-43(32-42)64-9)34-46(57)37(4)30-40(7)50(59)51(65-10)49(58)39(6)29-35(2)20-14-13-15-21-36(47)3/h13-15,20-21,30,35,37-39,41-48,50-51,57,59,63H,11,16-17,19,22-29,31-34H2,1-10H3/b15-13+,20-14-,36-21+,40-30+/t35-,37-,38-,39-,41-,42?,43+,44+,45+,46-,47+,48+,50-,51+,55-/m1/s1. The zero-order chi connectivity index (χ0) is 50.1. The topological polar surface area (TPSA) is 178 Å². The Balaban J connectivity index is 1.72. The monoisotopic (exact) mass is 952 g/mol. The Morgan fingerprint density at radius 3 is 2.32 bits per heavy atom. The maximum atomic E-state index is 14.5. The number of ketones is 2. The van der Waals surface area contributed by atoms with Gasteiger partial charge >= 0.3 is 5.97 Å². The summed E-state index contributed by atoms with van der Waals surface area (Å²) < 4.78 is 30.2. The van der Waals surface area contributed by atoms with Crippen LogP contribution < -0.4 is 0 Å². The molecule has 1 unspecified atom stereocenters. The highest BCUT2D eigenvalue weighted by Crippen LogP contribution is 2.38. The van der Waals surface area contributed by atoms with Gasteiger partial charge in [0.2, 0.25) is 5.79 Å². The number of fused-ring (bicyclic) bond motifs is 3. The van der Waals surface area contributed by atoms with E-state index in [9.17, 15) is 34.5 Å². The van der Waals surface area contributed by atoms with Crippen molar-refractivity contribution >= 4 is 23.4 Å². The maximum Gasteiger partial charge on any atom is 0.329 e. The second-order valence-electron chi connectivity index (χ2n) is 20.4. The van der Waals surface area contributed by atoms with Crippen molar-refractivity contribution in [1.29, 1.82) is 0 Å². The molecule has 3 N–H and O–H groups in total. The van der Waals surface area contributed by atoms with Gasteiger partial charge in [0.05, 0.1) is 24.4 Å². The molecule has 0 radical (unpaired) electrons. The number of nitrogens with zero attached hydrogens (tertiary/aromatic N) is 1. The van der Waals surface area contributed by atoms with E-state index in [0.29, 0.717) is 56.4 Å². The second kappa shape index (κ2) is 27.8. The van der Waals surface area contributed by atoms with Crippen LogP contribution in [0.4, 0.5) is 0 Å². The number of Topliss-reactive ketones (excluding diaryl/α,β-unsaturated/α-hetero) is 2. The third-order valence-corrected chi connectivity index (χ3v) is 14.9. The van der Waals surface area contributed by atoms with E-state index in [0.717, 1.165) is 37.7 Å². The largest absolute Gasteiger partial charge is 0.460 e. The summed E-state index contributed by atoms with van der Waals surface area (Å²) >= 11 is 0. The zero-order valence-electron chi connectivity index (χ0n) is 42.8. The number of piperidine rings is 1. The molecule has 68 heavy (non-hydrogen) atoms. The molecule has 13 nitrogen and oxygen atoms in total. The molecule has 3 heterocycles. The lowest BCUT2D eigenvalue weighted by atomic mass is 9.79. The Morgan fingerprint density at radius 2 is 1.62 bits per heavy atom. The van der Waals surface area contributed by atoms with Crippen LogP contribution >= 0.6 is 0 Å². The SMILES string of the molecule is CCC#CCO[C@H]1C[C@@H]2CC[C@@H](C)[C@@](O)(O2)C(=O)C(=O)N2CCCC[C@H]2C(=O)O[C@H]([C@H](C)CC2CCC[C@H](OC)C2)C[C@@H](O)[C@H](C)/C=C(\C)[C@@H](O)[C@@H](OC)C(=O)[C@H](C)C[C@H](C)\C=C/C=C/C=C/1C. The van der Waals surface area contributed by atoms with E-state index in [-0.39, 0.29) is 49.7 Å². The Labute approximate surface area is 407 Å². The molecular weight excluding hydrogens is 867 g/mol. The maximum absolute atomic E-state index is 14.5. The Kier molecular flexibility index (Phi) is 23.3. The third-order valence-electron chi connectivity index (χ3n) is 14.9. The van der Waals surface area contributed by atoms with E-state index in [2.05, 4.69) is 11.8 Å². The smallest absolute Gasteiger partial charge is 0.329 e. The van der Waals surface area contributed by atoms with Gasteiger partial charge in [-0.05, 0) is 101 Å². The van der Waals surface area contributed by atoms with E-state index in [1.165, 1.54) is 12.0 Å². The first kappa shape index (κ1) is 57.1. The number of aliphatic hydroxyl groups is 3. The van der Waals surface area contributed by atoms with Crippen molar-refractivity contribution in [2.75, 3.05) is 27.4 Å². The van der Waals surface area contributed by atoms with Gasteiger partial charge in [-0.1, -0.05) is 96.8 Å². The average Bonchev–Trinajstić information content (AvgIpc) is 3.32. The van der Waals surface area contributed by atoms with Crippen molar-refractivity contribution in [1.82, 2.24) is 4.90 Å². The highest BCUT2D eigenvalue weighted by molar-refractivity contribution is 6.39. The molecule has 4 rings (SSSR count). The molecule has 0 aromatic rings. The summed E-state index contributed by atoms with van der Waals surface area (Å²) in [6, 6.07) is -1.09. The van der Waals surface area contributed by atoms with Crippen molar-refractivity contribution in [3.05, 3.63) is 47.6 Å². The minimum Gasteiger partial charge on any atom is -0.460 e. The van der Waals surface area contributed by atoms with Crippen LogP contribution in [0.5, 0.6) is 0 Å². The molecule has 2 bridgehead atoms. The Hall–Kier alpha value is -3.48. The minimum absolute atomic E-state index is 0.0262. The number of allylic oxidation sites excluding steroid dienone is 5. The first-order valence-electron chi connectivity index (χ1n) is 25.5. The quantitative estimate of drug-likeness (QED) is 0.0979. The summed E-state index contributed by atoms with van der Waals surface area (Å²) in [6.45, 7) is 15.3. The van der Waals surface area contributed by atoms with Gasteiger partial charge in [0.25, 0.3) is 11.7 Å². The van der Waals surface area contributed by atoms with E-state index >= 15 is 0 Å². The number of methoxy groups -OCH3 is 2. The molecule has 2 saturated heterocycles. The minimum atomic E-state index is -2.43. The van der Waals surface area contributed by atoms with E-state index in [1.54, 1.807) is 27.0 Å². The highest BCUT2D eigenvalue weighted by Gasteiger charge is 2.53. The van der Waals surface area contributed by atoms with Gasteiger partial charge < -0.3 is 43.9 Å². The Morgan fingerprint density at radius 1 is 0.868 bits per heavy atom. The molecule has 3 fully saturated rings. The van der Waals surface area contributed by atoms with E-state index < -0.39 is 83.9 Å². The van der Waals surface area contributed by atoms with Gasteiger partial charge in [0.1, 0.15) is 31.0 Å². The van der Waals surface area contributed by atoms with Crippen LogP contribution in [0.25, 0.3) is 0 Å². The number of aliphatic hydroxyl groups excluding tert-OH is 2. The van der Waals surface area contributed by atoms with Crippen molar-refractivity contribution in [3.8, 4) is 11.8 Å². The molecule has 4 aliphatic rings. The fourth-order valence-corrected chi connectivity index (χ4v) is 10.5. The fraction of sp³-hybridized carbons (Fsp3) is 0.745. The van der Waals surface area contributed by atoms with Crippen LogP contribution in [-0.2, 0) is 42.9 Å². The van der Waals surface area contributed by atoms with Crippen molar-refractivity contribution in [3.63, 3.8) is 0 Å². The molecule has 15 atom stereocenters. The van der Waals surface area contributed by atoms with E-state index in [1.807, 2.05) is 71.9 Å². The van der Waals surface area contributed by atoms with E-state index in [4.69, 9.17) is 23.7 Å². The average molecular weight is 952 g/mol. The third kappa shape index (κ3) is 16.0. The number of esters is 1. The van der Waals surface area contributed by atoms with Crippen LogP contribution in [0, 0.1) is 47.3 Å². The Bertz CT molecular complexity index is 1850. The molecule has 13 heteroatoms. The second-order valence-corrected chi connectivity index (χ2v) is 20.4. The summed E-state index contributed by atoms with van der Waals surface area (Å²) in [5, 5.41) is 35.4. The summed E-state index contributed by atoms with van der Waals surface area (Å²) in [4.78, 5) is 58.2. The van der Waals surface area contributed by atoms with Crippen molar-refractivity contribution < 1.29 is 58.2 Å².